The first-order chi connectivity index (χ1) is 7.63. The van der Waals surface area contributed by atoms with E-state index in [0.29, 0.717) is 12.8 Å². The highest BCUT2D eigenvalue weighted by Crippen LogP contribution is 1.97. The highest BCUT2D eigenvalue weighted by atomic mass is 16.4. The summed E-state index contributed by atoms with van der Waals surface area (Å²) >= 11 is 0. The van der Waals surface area contributed by atoms with Gasteiger partial charge >= 0.3 is 5.97 Å². The molecular weight excluding hydrogens is 210 g/mol. The van der Waals surface area contributed by atoms with Crippen LogP contribution in [0.15, 0.2) is 18.5 Å². The summed E-state index contributed by atoms with van der Waals surface area (Å²) in [6.45, 7) is 1.91. The minimum absolute atomic E-state index is 0.0422. The van der Waals surface area contributed by atoms with Crippen molar-refractivity contribution in [2.45, 2.75) is 32.4 Å². The zero-order chi connectivity index (χ0) is 12.0. The van der Waals surface area contributed by atoms with Crippen LogP contribution in [-0.4, -0.2) is 32.8 Å². The molecule has 88 valence electrons. The van der Waals surface area contributed by atoms with Crippen molar-refractivity contribution in [1.82, 2.24) is 15.1 Å². The Hall–Kier alpha value is -1.85. The van der Waals surface area contributed by atoms with E-state index < -0.39 is 12.0 Å². The monoisotopic (exact) mass is 225 g/mol. The number of hydrogen-bond acceptors (Lipinski definition) is 3. The molecule has 0 fully saturated rings. The Morgan fingerprint density at radius 2 is 2.31 bits per heavy atom. The summed E-state index contributed by atoms with van der Waals surface area (Å²) in [5.74, 6) is -1.35. The van der Waals surface area contributed by atoms with Crippen LogP contribution in [0.3, 0.4) is 0 Å². The van der Waals surface area contributed by atoms with E-state index in [1.54, 1.807) is 18.5 Å². The van der Waals surface area contributed by atoms with Crippen molar-refractivity contribution < 1.29 is 14.7 Å². The molecular formula is C10H15N3O3. The molecule has 0 bridgehead atoms. The molecule has 0 saturated heterocycles. The van der Waals surface area contributed by atoms with Crippen LogP contribution in [0.1, 0.15) is 19.8 Å². The van der Waals surface area contributed by atoms with Crippen LogP contribution in [0.25, 0.3) is 0 Å². The van der Waals surface area contributed by atoms with Crippen LogP contribution in [0.4, 0.5) is 0 Å². The molecule has 0 saturated carbocycles. The number of amides is 1. The molecule has 1 aromatic heterocycles. The number of carboxylic acid groups (broad SMARTS) is 1. The van der Waals surface area contributed by atoms with Crippen LogP contribution in [0, 0.1) is 0 Å². The van der Waals surface area contributed by atoms with E-state index in [0.717, 1.165) is 0 Å². The summed E-state index contributed by atoms with van der Waals surface area (Å²) < 4.78 is 1.44. The fourth-order valence-corrected chi connectivity index (χ4v) is 1.33. The van der Waals surface area contributed by atoms with Gasteiger partial charge in [-0.25, -0.2) is 4.79 Å². The third-order valence-corrected chi connectivity index (χ3v) is 2.08. The molecule has 1 rings (SSSR count). The van der Waals surface area contributed by atoms with Gasteiger partial charge in [-0.15, -0.1) is 0 Å². The third kappa shape index (κ3) is 3.72. The lowest BCUT2D eigenvalue weighted by atomic mass is 10.1. The summed E-state index contributed by atoms with van der Waals surface area (Å²) in [5.41, 5.74) is 0. The van der Waals surface area contributed by atoms with E-state index >= 15 is 0 Å². The molecule has 6 heteroatoms. The van der Waals surface area contributed by atoms with Crippen molar-refractivity contribution in [3.63, 3.8) is 0 Å². The van der Waals surface area contributed by atoms with Crippen molar-refractivity contribution in [1.29, 1.82) is 0 Å². The predicted molar refractivity (Wildman–Crippen MR) is 56.7 cm³/mol. The van der Waals surface area contributed by atoms with E-state index in [4.69, 9.17) is 5.11 Å². The second-order valence-corrected chi connectivity index (χ2v) is 3.45. The molecule has 0 aliphatic rings. The number of aromatic nitrogens is 2. The van der Waals surface area contributed by atoms with Crippen LogP contribution >= 0.6 is 0 Å². The SMILES string of the molecule is CCC[C@@H](NC(=O)Cn1cccn1)C(=O)O. The van der Waals surface area contributed by atoms with Gasteiger partial charge in [-0.1, -0.05) is 13.3 Å². The third-order valence-electron chi connectivity index (χ3n) is 2.08. The first-order valence-electron chi connectivity index (χ1n) is 5.13. The second kappa shape index (κ2) is 5.89. The molecule has 2 N–H and O–H groups in total. The van der Waals surface area contributed by atoms with Crippen LogP contribution in [-0.2, 0) is 16.1 Å². The standard InChI is InChI=1S/C10H15N3O3/c1-2-4-8(10(15)16)12-9(14)7-13-6-3-5-11-13/h3,5-6,8H,2,4,7H2,1H3,(H,12,14)(H,15,16)/t8-/m1/s1. The molecule has 1 heterocycles. The van der Waals surface area contributed by atoms with Crippen molar-refractivity contribution in [2.75, 3.05) is 0 Å². The number of carbonyl (C=O) groups is 2. The molecule has 0 aliphatic carbocycles. The molecule has 0 aromatic carbocycles. The minimum Gasteiger partial charge on any atom is -0.480 e. The number of hydrogen-bond donors (Lipinski definition) is 2. The van der Waals surface area contributed by atoms with Crippen molar-refractivity contribution in [2.24, 2.45) is 0 Å². The normalized spacial score (nSPS) is 12.1. The summed E-state index contributed by atoms with van der Waals surface area (Å²) in [6.07, 6.45) is 4.35. The fourth-order valence-electron chi connectivity index (χ4n) is 1.33. The van der Waals surface area contributed by atoms with E-state index in [1.807, 2.05) is 6.92 Å². The number of carboxylic acids is 1. The topological polar surface area (TPSA) is 84.2 Å². The lowest BCUT2D eigenvalue weighted by molar-refractivity contribution is -0.142. The smallest absolute Gasteiger partial charge is 0.326 e. The van der Waals surface area contributed by atoms with Crippen molar-refractivity contribution in [3.8, 4) is 0 Å². The van der Waals surface area contributed by atoms with E-state index in [-0.39, 0.29) is 12.5 Å². The Morgan fingerprint density at radius 1 is 1.56 bits per heavy atom. The van der Waals surface area contributed by atoms with Gasteiger partial charge in [-0.3, -0.25) is 9.48 Å². The minimum atomic E-state index is -1.00. The highest BCUT2D eigenvalue weighted by Gasteiger charge is 2.18. The molecule has 1 amide bonds. The Kier molecular flexibility index (Phi) is 4.50. The average Bonchev–Trinajstić information content (AvgIpc) is 2.69. The van der Waals surface area contributed by atoms with Crippen LogP contribution in [0.2, 0.25) is 0 Å². The van der Waals surface area contributed by atoms with E-state index in [9.17, 15) is 9.59 Å². The molecule has 0 spiro atoms. The summed E-state index contributed by atoms with van der Waals surface area (Å²) in [4.78, 5) is 22.3. The van der Waals surface area contributed by atoms with Crippen LogP contribution < -0.4 is 5.32 Å². The predicted octanol–water partition coefficient (Wildman–Crippen LogP) is 0.253. The number of nitrogens with one attached hydrogen (secondary N) is 1. The first kappa shape index (κ1) is 12.2. The molecule has 16 heavy (non-hydrogen) atoms. The van der Waals surface area contributed by atoms with Gasteiger partial charge in [0.15, 0.2) is 0 Å². The summed E-state index contributed by atoms with van der Waals surface area (Å²) in [5, 5.41) is 15.2. The summed E-state index contributed by atoms with van der Waals surface area (Å²) in [7, 11) is 0. The largest absolute Gasteiger partial charge is 0.480 e. The van der Waals surface area contributed by atoms with E-state index in [1.165, 1.54) is 4.68 Å². The van der Waals surface area contributed by atoms with Gasteiger partial charge in [-0.05, 0) is 12.5 Å². The fraction of sp³-hybridized carbons (Fsp3) is 0.500. The Balaban J connectivity index is 2.45. The summed E-state index contributed by atoms with van der Waals surface area (Å²) in [6, 6.07) is 0.890. The zero-order valence-corrected chi connectivity index (χ0v) is 9.09. The lowest BCUT2D eigenvalue weighted by Gasteiger charge is -2.13. The van der Waals surface area contributed by atoms with Crippen molar-refractivity contribution in [3.05, 3.63) is 18.5 Å². The van der Waals surface area contributed by atoms with Gasteiger partial charge in [0.25, 0.3) is 0 Å². The average molecular weight is 225 g/mol. The maximum atomic E-state index is 11.5. The molecule has 1 atom stereocenters. The molecule has 6 nitrogen and oxygen atoms in total. The van der Waals surface area contributed by atoms with Gasteiger partial charge < -0.3 is 10.4 Å². The number of carbonyl (C=O) groups excluding carboxylic acids is 1. The van der Waals surface area contributed by atoms with Crippen molar-refractivity contribution >= 4 is 11.9 Å². The molecule has 1 aromatic rings. The first-order valence-corrected chi connectivity index (χ1v) is 5.13. The number of nitrogens with zero attached hydrogens (tertiary/aromatic N) is 2. The molecule has 0 aliphatic heterocycles. The number of aliphatic carboxylic acids is 1. The van der Waals surface area contributed by atoms with Crippen LogP contribution in [0.5, 0.6) is 0 Å². The number of rotatable bonds is 6. The van der Waals surface area contributed by atoms with Gasteiger partial charge in [0.05, 0.1) is 0 Å². The second-order valence-electron chi connectivity index (χ2n) is 3.45. The Bertz CT molecular complexity index is 348. The maximum Gasteiger partial charge on any atom is 0.326 e. The van der Waals surface area contributed by atoms with Gasteiger partial charge in [0.2, 0.25) is 5.91 Å². The van der Waals surface area contributed by atoms with Gasteiger partial charge in [-0.2, -0.15) is 5.10 Å². The van der Waals surface area contributed by atoms with E-state index in [2.05, 4.69) is 10.4 Å². The maximum absolute atomic E-state index is 11.5. The molecule has 0 radical (unpaired) electrons. The molecule has 0 unspecified atom stereocenters. The van der Waals surface area contributed by atoms with Gasteiger partial charge in [0.1, 0.15) is 12.6 Å². The Labute approximate surface area is 93.3 Å². The Morgan fingerprint density at radius 3 is 2.81 bits per heavy atom. The van der Waals surface area contributed by atoms with Gasteiger partial charge in [0, 0.05) is 12.4 Å². The highest BCUT2D eigenvalue weighted by molar-refractivity contribution is 5.83. The quantitative estimate of drug-likeness (QED) is 0.727. The zero-order valence-electron chi connectivity index (χ0n) is 9.09. The lowest BCUT2D eigenvalue weighted by Crippen LogP contribution is -2.42.